The van der Waals surface area contributed by atoms with Crippen molar-refractivity contribution in [3.8, 4) is 20.2 Å². The highest BCUT2D eigenvalue weighted by molar-refractivity contribution is 7.23. The molecule has 0 spiro atoms. The summed E-state index contributed by atoms with van der Waals surface area (Å²) in [5.41, 5.74) is 3.28. The van der Waals surface area contributed by atoms with Crippen molar-refractivity contribution in [1.29, 1.82) is 0 Å². The minimum Gasteiger partial charge on any atom is -0.274 e. The number of aryl methyl sites for hydroxylation is 2. The Morgan fingerprint density at radius 3 is 1.02 bits per heavy atom. The highest BCUT2D eigenvalue weighted by Crippen LogP contribution is 2.47. The Bertz CT molecular complexity index is 2480. The van der Waals surface area contributed by atoms with E-state index in [4.69, 9.17) is 0 Å². The molecule has 2 aliphatic heterocycles. The van der Waals surface area contributed by atoms with Gasteiger partial charge >= 0.3 is 0 Å². The number of carbonyl (C=O) groups excluding carboxylic acids is 4. The Balaban J connectivity index is 1.28. The molecule has 2 atom stereocenters. The minimum atomic E-state index is -0.286. The van der Waals surface area contributed by atoms with Crippen LogP contribution in [-0.4, -0.2) is 46.5 Å². The zero-order chi connectivity index (χ0) is 56.9. The predicted molar refractivity (Wildman–Crippen MR) is 345 cm³/mol. The lowest BCUT2D eigenvalue weighted by Gasteiger charge is -2.36. The van der Waals surface area contributed by atoms with Crippen LogP contribution in [0.3, 0.4) is 0 Å². The second-order valence-electron chi connectivity index (χ2n) is 24.9. The van der Waals surface area contributed by atoms with Crippen LogP contribution in [0.15, 0.2) is 36.4 Å². The standard InChI is InChI=1S/C72H110N2O4S2/c1-7-11-15-19-23-27-29-33-37-41-44-57(43-39-35-31-25-21-17-13-9-3)53-73-70(76)61-52-59(62-49-50-64(80-62)63-48-47-56(6)79-63)68-67-60(51-55(5)65(66(61)67)71(73)77)69(75)74(72(68)78)54-58(45-40-36-32-26-22-18-14-10-4)46-42-38-34-30-28-24-20-16-12-8-2/h47-52,57-58H,7-46,53-54H2,1-6H3. The van der Waals surface area contributed by atoms with Crippen LogP contribution in [0.25, 0.3) is 31.0 Å². The van der Waals surface area contributed by atoms with E-state index in [2.05, 4.69) is 58.9 Å². The Kier molecular flexibility index (Phi) is 30.2. The summed E-state index contributed by atoms with van der Waals surface area (Å²) in [5.74, 6) is -0.697. The van der Waals surface area contributed by atoms with Gasteiger partial charge in [-0.25, -0.2) is 0 Å². The lowest BCUT2D eigenvalue weighted by atomic mass is 9.80. The molecular formula is C72H110N2O4S2. The number of benzene rings is 2. The van der Waals surface area contributed by atoms with Gasteiger partial charge in [-0.1, -0.05) is 259 Å². The molecule has 0 N–H and O–H groups in total. The van der Waals surface area contributed by atoms with E-state index in [-0.39, 0.29) is 35.5 Å². The largest absolute Gasteiger partial charge is 0.274 e. The molecule has 8 heteroatoms. The van der Waals surface area contributed by atoms with Gasteiger partial charge in [-0.15, -0.1) is 22.7 Å². The SMILES string of the molecule is CCCCCCCCCCCCC(CCCCCCCCCC)CN1C(=O)c2cc(-c3ccc(-c4ccc(C)s4)s3)c3c4c(cc(C)c(c24)C1=O)C(=O)N(CC(CCCCCCCCCC)CCCCCCCCCCCC)C3=O. The third-order valence-corrected chi connectivity index (χ3v) is 20.4. The van der Waals surface area contributed by atoms with Crippen LogP contribution in [0.2, 0.25) is 0 Å². The van der Waals surface area contributed by atoms with Crippen molar-refractivity contribution in [2.75, 3.05) is 13.1 Å². The van der Waals surface area contributed by atoms with Crippen LogP contribution in [0.5, 0.6) is 0 Å². The van der Waals surface area contributed by atoms with Crippen molar-refractivity contribution in [3.63, 3.8) is 0 Å². The number of rotatable bonds is 46. The molecule has 4 amide bonds. The van der Waals surface area contributed by atoms with Gasteiger partial charge in [-0.2, -0.15) is 0 Å². The molecule has 2 aromatic heterocycles. The first-order chi connectivity index (χ1) is 39.1. The summed E-state index contributed by atoms with van der Waals surface area (Å²) in [6.45, 7) is 14.0. The molecule has 4 heterocycles. The number of nitrogens with zero attached hydrogens (tertiary/aromatic N) is 2. The quantitative estimate of drug-likeness (QED) is 0.0326. The zero-order valence-electron chi connectivity index (χ0n) is 51.7. The second-order valence-corrected chi connectivity index (χ2v) is 27.3. The van der Waals surface area contributed by atoms with Gasteiger partial charge in [0.15, 0.2) is 0 Å². The molecule has 0 aliphatic carbocycles. The molecule has 2 aliphatic rings. The summed E-state index contributed by atoms with van der Waals surface area (Å²) in [7, 11) is 0. The zero-order valence-corrected chi connectivity index (χ0v) is 53.3. The topological polar surface area (TPSA) is 74.8 Å². The normalized spacial score (nSPS) is 14.2. The maximum atomic E-state index is 15.6. The third kappa shape index (κ3) is 19.8. The maximum Gasteiger partial charge on any atom is 0.262 e. The first kappa shape index (κ1) is 65.5. The molecule has 6 nitrogen and oxygen atoms in total. The van der Waals surface area contributed by atoms with E-state index in [1.165, 1.54) is 215 Å². The maximum absolute atomic E-state index is 15.6. The minimum absolute atomic E-state index is 0.210. The summed E-state index contributed by atoms with van der Waals surface area (Å²) in [5, 5.41) is 1.01. The van der Waals surface area contributed by atoms with E-state index in [0.717, 1.165) is 61.1 Å². The van der Waals surface area contributed by atoms with E-state index in [1.54, 1.807) is 32.5 Å². The molecule has 2 unspecified atom stereocenters. The van der Waals surface area contributed by atoms with Gasteiger partial charge in [0.1, 0.15) is 0 Å². The van der Waals surface area contributed by atoms with Crippen LogP contribution in [0.1, 0.15) is 336 Å². The molecule has 0 bridgehead atoms. The molecule has 0 saturated heterocycles. The molecule has 4 aromatic rings. The van der Waals surface area contributed by atoms with Crippen LogP contribution in [-0.2, 0) is 0 Å². The van der Waals surface area contributed by atoms with Gasteiger partial charge in [0.25, 0.3) is 23.6 Å². The molecule has 2 aromatic carbocycles. The molecule has 0 radical (unpaired) electrons. The van der Waals surface area contributed by atoms with E-state index in [1.807, 2.05) is 19.1 Å². The number of thiophene rings is 2. The fourth-order valence-electron chi connectivity index (χ4n) is 13.2. The van der Waals surface area contributed by atoms with E-state index in [9.17, 15) is 0 Å². The van der Waals surface area contributed by atoms with Crippen LogP contribution < -0.4 is 0 Å². The summed E-state index contributed by atoms with van der Waals surface area (Å²) >= 11 is 3.40. The summed E-state index contributed by atoms with van der Waals surface area (Å²) in [6, 6.07) is 12.4. The first-order valence-corrected chi connectivity index (χ1v) is 35.3. The van der Waals surface area contributed by atoms with Gasteiger partial charge in [-0.3, -0.25) is 29.0 Å². The Hall–Kier alpha value is -3.62. The first-order valence-electron chi connectivity index (χ1n) is 33.7. The summed E-state index contributed by atoms with van der Waals surface area (Å²) < 4.78 is 0. The van der Waals surface area contributed by atoms with Gasteiger partial charge in [0.05, 0.1) is 11.1 Å². The van der Waals surface area contributed by atoms with Crippen molar-refractivity contribution in [2.24, 2.45) is 11.8 Å². The van der Waals surface area contributed by atoms with Gasteiger partial charge < -0.3 is 0 Å². The predicted octanol–water partition coefficient (Wildman–Crippen LogP) is 23.0. The van der Waals surface area contributed by atoms with Crippen molar-refractivity contribution < 1.29 is 19.2 Å². The van der Waals surface area contributed by atoms with Crippen molar-refractivity contribution in [2.45, 2.75) is 298 Å². The lowest BCUT2D eigenvalue weighted by Crippen LogP contribution is -2.46. The molecule has 444 valence electrons. The van der Waals surface area contributed by atoms with Gasteiger partial charge in [0.2, 0.25) is 0 Å². The number of imide groups is 2. The Morgan fingerprint density at radius 2 is 0.650 bits per heavy atom. The van der Waals surface area contributed by atoms with Crippen molar-refractivity contribution in [1.82, 2.24) is 9.80 Å². The molecule has 6 rings (SSSR count). The fraction of sp³-hybridized carbons (Fsp3) is 0.694. The molecular weight excluding hydrogens is 1020 g/mol. The second kappa shape index (κ2) is 36.9. The van der Waals surface area contributed by atoms with Crippen LogP contribution in [0, 0.1) is 25.7 Å². The highest BCUT2D eigenvalue weighted by Gasteiger charge is 2.43. The Morgan fingerprint density at radius 1 is 0.338 bits per heavy atom. The van der Waals surface area contributed by atoms with E-state index < -0.39 is 0 Å². The highest BCUT2D eigenvalue weighted by atomic mass is 32.1. The van der Waals surface area contributed by atoms with Crippen molar-refractivity contribution in [3.05, 3.63) is 69.1 Å². The molecule has 0 saturated carbocycles. The van der Waals surface area contributed by atoms with Crippen LogP contribution >= 0.6 is 22.7 Å². The molecule has 0 fully saturated rings. The third-order valence-electron chi connectivity index (χ3n) is 18.1. The van der Waals surface area contributed by atoms with Crippen LogP contribution in [0.4, 0.5) is 0 Å². The number of hydrogen-bond acceptors (Lipinski definition) is 6. The fourth-order valence-corrected chi connectivity index (χ4v) is 15.2. The van der Waals surface area contributed by atoms with E-state index in [0.29, 0.717) is 57.2 Å². The molecule has 80 heavy (non-hydrogen) atoms. The summed E-state index contributed by atoms with van der Waals surface area (Å²) in [6.07, 6.45) is 49.6. The monoisotopic (exact) mass is 1130 g/mol. The van der Waals surface area contributed by atoms with Crippen molar-refractivity contribution >= 4 is 57.1 Å². The number of unbranched alkanes of at least 4 members (excludes halogenated alkanes) is 32. The lowest BCUT2D eigenvalue weighted by molar-refractivity contribution is 0.0556. The Labute approximate surface area is 495 Å². The summed E-state index contributed by atoms with van der Waals surface area (Å²) in [4.78, 5) is 69.1. The van der Waals surface area contributed by atoms with Gasteiger partial charge in [-0.05, 0) is 93.3 Å². The number of hydrogen-bond donors (Lipinski definition) is 0. The smallest absolute Gasteiger partial charge is 0.262 e. The van der Waals surface area contributed by atoms with E-state index >= 15 is 19.2 Å². The average Bonchev–Trinajstić information content (AvgIpc) is 4.17. The van der Waals surface area contributed by atoms with Gasteiger partial charge in [0, 0.05) is 60.1 Å². The average molecular weight is 1130 g/mol. The number of carbonyl (C=O) groups is 4. The number of amides is 4.